The van der Waals surface area contributed by atoms with E-state index in [1.165, 1.54) is 19.5 Å². The van der Waals surface area contributed by atoms with E-state index in [1.807, 2.05) is 4.90 Å². The van der Waals surface area contributed by atoms with E-state index in [1.54, 1.807) is 0 Å². The molecule has 2 unspecified atom stereocenters. The monoisotopic (exact) mass is 239 g/mol. The Morgan fingerprint density at radius 3 is 2.88 bits per heavy atom. The zero-order valence-electron chi connectivity index (χ0n) is 11.1. The van der Waals surface area contributed by atoms with Crippen molar-refractivity contribution >= 4 is 5.91 Å². The van der Waals surface area contributed by atoms with E-state index >= 15 is 0 Å². The van der Waals surface area contributed by atoms with Crippen molar-refractivity contribution < 1.29 is 4.79 Å². The lowest BCUT2D eigenvalue weighted by atomic mass is 10.1. The highest BCUT2D eigenvalue weighted by atomic mass is 16.2. The van der Waals surface area contributed by atoms with Crippen LogP contribution >= 0.6 is 0 Å². The highest BCUT2D eigenvalue weighted by Gasteiger charge is 2.33. The Labute approximate surface area is 104 Å². The molecule has 17 heavy (non-hydrogen) atoms. The maximum atomic E-state index is 12.1. The van der Waals surface area contributed by atoms with E-state index in [2.05, 4.69) is 24.1 Å². The Morgan fingerprint density at radius 2 is 2.24 bits per heavy atom. The third-order valence-corrected chi connectivity index (χ3v) is 4.01. The first-order valence-corrected chi connectivity index (χ1v) is 6.99. The number of carbonyl (C=O) groups excluding carboxylic acids is 1. The average Bonchev–Trinajstić information content (AvgIpc) is 2.91. The van der Waals surface area contributed by atoms with Crippen LogP contribution in [0.2, 0.25) is 0 Å². The van der Waals surface area contributed by atoms with E-state index in [9.17, 15) is 4.79 Å². The van der Waals surface area contributed by atoms with Gasteiger partial charge in [-0.15, -0.1) is 0 Å². The van der Waals surface area contributed by atoms with Gasteiger partial charge in [-0.1, -0.05) is 20.3 Å². The zero-order chi connectivity index (χ0) is 12.3. The van der Waals surface area contributed by atoms with E-state index in [-0.39, 0.29) is 6.04 Å². The number of likely N-dealkylation sites (tertiary alicyclic amines) is 1. The van der Waals surface area contributed by atoms with Crippen LogP contribution in [0.5, 0.6) is 0 Å². The van der Waals surface area contributed by atoms with Gasteiger partial charge in [0, 0.05) is 13.1 Å². The average molecular weight is 239 g/mol. The molecule has 2 atom stereocenters. The molecule has 0 saturated carbocycles. The molecule has 0 bridgehead atoms. The lowest BCUT2D eigenvalue weighted by Crippen LogP contribution is -2.34. The maximum absolute atomic E-state index is 12.1. The molecule has 0 radical (unpaired) electrons. The Hall–Kier alpha value is -0.610. The summed E-state index contributed by atoms with van der Waals surface area (Å²) in [5, 5.41) is 3.32. The lowest BCUT2D eigenvalue weighted by Gasteiger charge is -2.20. The van der Waals surface area contributed by atoms with Crippen LogP contribution in [-0.4, -0.2) is 54.6 Å². The third-order valence-electron chi connectivity index (χ3n) is 4.01. The van der Waals surface area contributed by atoms with Gasteiger partial charge in [0.05, 0.1) is 12.7 Å². The Kier molecular flexibility index (Phi) is 4.40. The van der Waals surface area contributed by atoms with Crippen LogP contribution in [-0.2, 0) is 4.79 Å². The van der Waals surface area contributed by atoms with Crippen molar-refractivity contribution in [3.8, 4) is 0 Å². The minimum atomic E-state index is 0.0867. The molecule has 2 aliphatic rings. The molecular weight excluding hydrogens is 214 g/mol. The fraction of sp³-hybridized carbons (Fsp3) is 0.923. The minimum absolute atomic E-state index is 0.0867. The molecule has 0 aromatic carbocycles. The second-order valence-corrected chi connectivity index (χ2v) is 5.31. The summed E-state index contributed by atoms with van der Waals surface area (Å²) < 4.78 is 0. The van der Waals surface area contributed by atoms with Crippen LogP contribution in [0.3, 0.4) is 0 Å². The summed E-state index contributed by atoms with van der Waals surface area (Å²) in [4.78, 5) is 16.6. The predicted molar refractivity (Wildman–Crippen MR) is 68.6 cm³/mol. The van der Waals surface area contributed by atoms with Crippen molar-refractivity contribution in [2.24, 2.45) is 5.92 Å². The summed E-state index contributed by atoms with van der Waals surface area (Å²) in [7, 11) is 0. The molecule has 0 aromatic rings. The summed E-state index contributed by atoms with van der Waals surface area (Å²) in [6.07, 6.45) is 3.29. The molecule has 0 spiro atoms. The molecule has 2 heterocycles. The smallest absolute Gasteiger partial charge is 0.240 e. The number of amides is 1. The summed E-state index contributed by atoms with van der Waals surface area (Å²) in [6, 6.07) is 0.0867. The van der Waals surface area contributed by atoms with Crippen LogP contribution in [0, 0.1) is 5.92 Å². The molecule has 2 rings (SSSR count). The number of rotatable bonds is 5. The number of carbonyl (C=O) groups is 1. The summed E-state index contributed by atoms with van der Waals surface area (Å²) in [5.41, 5.74) is 0. The van der Waals surface area contributed by atoms with Gasteiger partial charge in [0.2, 0.25) is 5.91 Å². The molecule has 1 N–H and O–H groups in total. The lowest BCUT2D eigenvalue weighted by molar-refractivity contribution is -0.129. The van der Waals surface area contributed by atoms with Gasteiger partial charge >= 0.3 is 0 Å². The van der Waals surface area contributed by atoms with E-state index in [0.717, 1.165) is 32.6 Å². The summed E-state index contributed by atoms with van der Waals surface area (Å²) in [6.45, 7) is 9.56. The number of hydrogen-bond acceptors (Lipinski definition) is 3. The van der Waals surface area contributed by atoms with Crippen molar-refractivity contribution in [3.05, 3.63) is 0 Å². The van der Waals surface area contributed by atoms with Crippen molar-refractivity contribution in [2.75, 3.05) is 32.8 Å². The molecule has 2 saturated heterocycles. The normalized spacial score (nSPS) is 30.5. The highest BCUT2D eigenvalue weighted by molar-refractivity contribution is 5.83. The molecule has 4 nitrogen and oxygen atoms in total. The molecule has 98 valence electrons. The first-order chi connectivity index (χ1) is 8.24. The molecule has 2 fully saturated rings. The third kappa shape index (κ3) is 2.99. The van der Waals surface area contributed by atoms with Crippen molar-refractivity contribution in [1.29, 1.82) is 0 Å². The molecule has 4 heteroatoms. The van der Waals surface area contributed by atoms with E-state index in [0.29, 0.717) is 11.8 Å². The zero-order valence-corrected chi connectivity index (χ0v) is 11.1. The Morgan fingerprint density at radius 1 is 1.41 bits per heavy atom. The maximum Gasteiger partial charge on any atom is 0.240 e. The fourth-order valence-corrected chi connectivity index (χ4v) is 2.94. The van der Waals surface area contributed by atoms with Crippen LogP contribution in [0.4, 0.5) is 0 Å². The first kappa shape index (κ1) is 12.8. The predicted octanol–water partition coefficient (Wildman–Crippen LogP) is 0.886. The van der Waals surface area contributed by atoms with Gasteiger partial charge in [0.1, 0.15) is 0 Å². The fourth-order valence-electron chi connectivity index (χ4n) is 2.94. The van der Waals surface area contributed by atoms with Gasteiger partial charge in [-0.2, -0.15) is 0 Å². The topological polar surface area (TPSA) is 35.6 Å². The Balaban J connectivity index is 1.79. The standard InChI is InChI=1S/C13H25N3O/c1-3-5-12-13(17)16(10-14-12)9-11-6-7-15(4-2)8-11/h11-12,14H,3-10H2,1-2H3. The summed E-state index contributed by atoms with van der Waals surface area (Å²) in [5.74, 6) is 1.00. The summed E-state index contributed by atoms with van der Waals surface area (Å²) >= 11 is 0. The van der Waals surface area contributed by atoms with Crippen molar-refractivity contribution in [2.45, 2.75) is 39.2 Å². The minimum Gasteiger partial charge on any atom is -0.328 e. The van der Waals surface area contributed by atoms with Gasteiger partial charge < -0.3 is 9.80 Å². The van der Waals surface area contributed by atoms with Gasteiger partial charge in [-0.05, 0) is 31.8 Å². The van der Waals surface area contributed by atoms with Crippen LogP contribution < -0.4 is 5.32 Å². The molecule has 0 aromatic heterocycles. The SMILES string of the molecule is CCCC1NCN(CC2CCN(CC)C2)C1=O. The van der Waals surface area contributed by atoms with E-state index in [4.69, 9.17) is 0 Å². The Bertz CT molecular complexity index is 269. The van der Waals surface area contributed by atoms with Crippen molar-refractivity contribution in [1.82, 2.24) is 15.1 Å². The number of nitrogens with one attached hydrogen (secondary N) is 1. The molecule has 1 amide bonds. The van der Waals surface area contributed by atoms with Crippen LogP contribution in [0.25, 0.3) is 0 Å². The molecule has 0 aliphatic carbocycles. The van der Waals surface area contributed by atoms with Gasteiger partial charge in [-0.3, -0.25) is 10.1 Å². The highest BCUT2D eigenvalue weighted by Crippen LogP contribution is 2.19. The van der Waals surface area contributed by atoms with Crippen LogP contribution in [0.15, 0.2) is 0 Å². The first-order valence-electron chi connectivity index (χ1n) is 6.99. The van der Waals surface area contributed by atoms with Gasteiger partial charge in [0.25, 0.3) is 0 Å². The molecule has 2 aliphatic heterocycles. The molecular formula is C13H25N3O. The van der Waals surface area contributed by atoms with Crippen LogP contribution in [0.1, 0.15) is 33.1 Å². The second kappa shape index (κ2) is 5.83. The number of nitrogens with zero attached hydrogens (tertiary/aromatic N) is 2. The quantitative estimate of drug-likeness (QED) is 0.774. The second-order valence-electron chi connectivity index (χ2n) is 5.31. The van der Waals surface area contributed by atoms with Gasteiger partial charge in [-0.25, -0.2) is 0 Å². The van der Waals surface area contributed by atoms with E-state index < -0.39 is 0 Å². The van der Waals surface area contributed by atoms with Gasteiger partial charge in [0.15, 0.2) is 0 Å². The number of hydrogen-bond donors (Lipinski definition) is 1. The largest absolute Gasteiger partial charge is 0.328 e. The van der Waals surface area contributed by atoms with Crippen molar-refractivity contribution in [3.63, 3.8) is 0 Å².